The van der Waals surface area contributed by atoms with Crippen molar-refractivity contribution < 1.29 is 15.0 Å². The maximum Gasteiger partial charge on any atom is 0.322 e. The molecule has 22 heavy (non-hydrogen) atoms. The van der Waals surface area contributed by atoms with Gasteiger partial charge in [-0.1, -0.05) is 48.5 Å². The summed E-state index contributed by atoms with van der Waals surface area (Å²) in [5, 5.41) is 23.8. The zero-order chi connectivity index (χ0) is 15.5. The summed E-state index contributed by atoms with van der Waals surface area (Å²) in [6.45, 7) is 0.255. The first kappa shape index (κ1) is 14.0. The van der Waals surface area contributed by atoms with Crippen molar-refractivity contribution in [3.8, 4) is 5.88 Å². The second-order valence-corrected chi connectivity index (χ2v) is 5.04. The van der Waals surface area contributed by atoms with Gasteiger partial charge in [-0.15, -0.1) is 0 Å². The predicted molar refractivity (Wildman–Crippen MR) is 85.3 cm³/mol. The third kappa shape index (κ3) is 2.61. The Morgan fingerprint density at radius 3 is 2.32 bits per heavy atom. The van der Waals surface area contributed by atoms with E-state index >= 15 is 0 Å². The molecule has 1 aromatic heterocycles. The number of aromatic nitrogens is 1. The average molecular weight is 296 g/mol. The fraction of sp³-hybridized carbons (Fsp3) is 0.118. The van der Waals surface area contributed by atoms with E-state index in [-0.39, 0.29) is 12.4 Å². The minimum atomic E-state index is -0.948. The van der Waals surface area contributed by atoms with Crippen molar-refractivity contribution in [3.05, 3.63) is 60.2 Å². The Kier molecular flexibility index (Phi) is 3.70. The molecule has 3 aromatic rings. The van der Waals surface area contributed by atoms with Crippen LogP contribution in [0.2, 0.25) is 0 Å². The molecule has 0 amide bonds. The topological polar surface area (TPSA) is 74.5 Å². The molecule has 0 atom stereocenters. The largest absolute Gasteiger partial charge is 0.494 e. The van der Waals surface area contributed by atoms with Crippen molar-refractivity contribution in [2.45, 2.75) is 6.54 Å². The number of nitrogens with one attached hydrogen (secondary N) is 1. The lowest BCUT2D eigenvalue weighted by molar-refractivity contribution is -0.134. The van der Waals surface area contributed by atoms with E-state index in [1.165, 1.54) is 0 Å². The van der Waals surface area contributed by atoms with Crippen LogP contribution in [-0.4, -0.2) is 27.3 Å². The third-order valence-electron chi connectivity index (χ3n) is 3.54. The van der Waals surface area contributed by atoms with Crippen LogP contribution in [0.4, 0.5) is 5.82 Å². The molecule has 0 fully saturated rings. The number of anilines is 1. The minimum Gasteiger partial charge on any atom is -0.494 e. The quantitative estimate of drug-likeness (QED) is 0.677. The molecule has 3 N–H and O–H groups in total. The third-order valence-corrected chi connectivity index (χ3v) is 3.54. The lowest BCUT2D eigenvalue weighted by atomic mass is 10.2. The van der Waals surface area contributed by atoms with Crippen LogP contribution in [0.1, 0.15) is 5.56 Å². The van der Waals surface area contributed by atoms with Crippen LogP contribution in [0.5, 0.6) is 5.88 Å². The number of carbonyl (C=O) groups is 1. The highest BCUT2D eigenvalue weighted by molar-refractivity contribution is 5.98. The number of aromatic hydroxyl groups is 1. The van der Waals surface area contributed by atoms with E-state index in [1.807, 2.05) is 54.6 Å². The van der Waals surface area contributed by atoms with E-state index in [9.17, 15) is 9.90 Å². The van der Waals surface area contributed by atoms with Crippen LogP contribution < -0.4 is 5.32 Å². The molecule has 5 heteroatoms. The van der Waals surface area contributed by atoms with Gasteiger partial charge < -0.3 is 15.5 Å². The molecule has 0 unspecified atom stereocenters. The van der Waals surface area contributed by atoms with Crippen molar-refractivity contribution in [1.29, 1.82) is 0 Å². The minimum absolute atomic E-state index is 0.132. The van der Waals surface area contributed by atoms with Crippen molar-refractivity contribution >= 4 is 22.6 Å². The Morgan fingerprint density at radius 2 is 1.64 bits per heavy atom. The van der Waals surface area contributed by atoms with Gasteiger partial charge in [0.15, 0.2) is 0 Å². The summed E-state index contributed by atoms with van der Waals surface area (Å²) in [5.74, 6) is -0.206. The Labute approximate surface area is 127 Å². The van der Waals surface area contributed by atoms with Crippen molar-refractivity contribution in [2.75, 3.05) is 11.9 Å². The second-order valence-electron chi connectivity index (χ2n) is 5.04. The molecule has 0 radical (unpaired) electrons. The maximum absolute atomic E-state index is 10.9. The summed E-state index contributed by atoms with van der Waals surface area (Å²) >= 11 is 0. The summed E-state index contributed by atoms with van der Waals surface area (Å²) in [6, 6.07) is 17.1. The Bertz CT molecular complexity index is 809. The molecular formula is C17H16N2O3. The Morgan fingerprint density at radius 1 is 1.00 bits per heavy atom. The molecule has 0 aliphatic rings. The number of aliphatic carboxylic acids is 1. The van der Waals surface area contributed by atoms with Gasteiger partial charge in [0.25, 0.3) is 0 Å². The van der Waals surface area contributed by atoms with Gasteiger partial charge >= 0.3 is 5.97 Å². The summed E-state index contributed by atoms with van der Waals surface area (Å²) < 4.78 is 1.70. The number of hydrogen-bond acceptors (Lipinski definition) is 3. The van der Waals surface area contributed by atoms with Crippen LogP contribution in [0, 0.1) is 0 Å². The maximum atomic E-state index is 10.9. The first-order valence-corrected chi connectivity index (χ1v) is 6.96. The smallest absolute Gasteiger partial charge is 0.322 e. The summed E-state index contributed by atoms with van der Waals surface area (Å²) in [7, 11) is 0. The summed E-state index contributed by atoms with van der Waals surface area (Å²) in [6.07, 6.45) is 0. The zero-order valence-electron chi connectivity index (χ0n) is 11.9. The van der Waals surface area contributed by atoms with E-state index in [2.05, 4.69) is 5.32 Å². The van der Waals surface area contributed by atoms with Gasteiger partial charge in [-0.25, -0.2) is 0 Å². The molecule has 0 aliphatic heterocycles. The molecule has 0 saturated carbocycles. The fourth-order valence-electron chi connectivity index (χ4n) is 2.55. The molecule has 5 nitrogen and oxygen atoms in total. The molecule has 0 spiro atoms. The summed E-state index contributed by atoms with van der Waals surface area (Å²) in [5.41, 5.74) is 1.02. The molecule has 0 saturated heterocycles. The predicted octanol–water partition coefficient (Wildman–Crippen LogP) is 2.89. The summed E-state index contributed by atoms with van der Waals surface area (Å²) in [4.78, 5) is 10.9. The molecular weight excluding hydrogens is 280 g/mol. The highest BCUT2D eigenvalue weighted by Crippen LogP contribution is 2.35. The number of carboxylic acids is 1. The van der Waals surface area contributed by atoms with Crippen LogP contribution in [0.15, 0.2) is 54.6 Å². The average Bonchev–Trinajstić information content (AvgIpc) is 2.79. The number of nitrogens with zero attached hydrogens (tertiary/aromatic N) is 1. The first-order chi connectivity index (χ1) is 10.7. The van der Waals surface area contributed by atoms with Gasteiger partial charge in [0.2, 0.25) is 5.88 Å². The van der Waals surface area contributed by atoms with Crippen LogP contribution in [0.25, 0.3) is 10.8 Å². The lowest BCUT2D eigenvalue weighted by Gasteiger charge is -2.11. The van der Waals surface area contributed by atoms with Crippen molar-refractivity contribution in [1.82, 2.24) is 4.57 Å². The van der Waals surface area contributed by atoms with Gasteiger partial charge in [0.05, 0.1) is 6.54 Å². The number of carboxylic acid groups (broad SMARTS) is 1. The number of rotatable bonds is 5. The molecule has 112 valence electrons. The van der Waals surface area contributed by atoms with Crippen LogP contribution in [-0.2, 0) is 11.3 Å². The van der Waals surface area contributed by atoms with Crippen molar-refractivity contribution in [2.24, 2.45) is 0 Å². The molecule has 0 bridgehead atoms. The molecule has 3 rings (SSSR count). The van der Waals surface area contributed by atoms with Crippen molar-refractivity contribution in [3.63, 3.8) is 0 Å². The van der Waals surface area contributed by atoms with E-state index in [0.29, 0.717) is 17.7 Å². The van der Waals surface area contributed by atoms with E-state index < -0.39 is 5.97 Å². The number of benzene rings is 2. The van der Waals surface area contributed by atoms with E-state index in [0.717, 1.165) is 10.9 Å². The normalized spacial score (nSPS) is 10.7. The van der Waals surface area contributed by atoms with Crippen LogP contribution >= 0.6 is 0 Å². The SMILES string of the molecule is O=C(O)CNc1c2ccccc2c(O)n1Cc1ccccc1. The second kappa shape index (κ2) is 5.81. The highest BCUT2D eigenvalue weighted by Gasteiger charge is 2.16. The van der Waals surface area contributed by atoms with E-state index in [4.69, 9.17) is 5.11 Å². The van der Waals surface area contributed by atoms with Gasteiger partial charge in [-0.3, -0.25) is 9.36 Å². The zero-order valence-corrected chi connectivity index (χ0v) is 11.9. The van der Waals surface area contributed by atoms with Gasteiger partial charge in [-0.05, 0) is 11.6 Å². The van der Waals surface area contributed by atoms with E-state index in [1.54, 1.807) is 4.57 Å². The standard InChI is InChI=1S/C17H16N2O3/c20-15(21)10-18-16-13-8-4-5-9-14(13)17(22)19(16)11-12-6-2-1-3-7-12/h1-9,18,22H,10-11H2,(H,20,21). The fourth-order valence-corrected chi connectivity index (χ4v) is 2.55. The van der Waals surface area contributed by atoms with Gasteiger partial charge in [0.1, 0.15) is 12.4 Å². The molecule has 2 aromatic carbocycles. The number of hydrogen-bond donors (Lipinski definition) is 3. The number of fused-ring (bicyclic) bond motifs is 1. The van der Waals surface area contributed by atoms with Crippen LogP contribution in [0.3, 0.4) is 0 Å². The molecule has 0 aliphatic carbocycles. The Hall–Kier alpha value is -2.95. The van der Waals surface area contributed by atoms with Gasteiger partial charge in [-0.2, -0.15) is 0 Å². The Balaban J connectivity index is 2.08. The monoisotopic (exact) mass is 296 g/mol. The molecule has 1 heterocycles. The first-order valence-electron chi connectivity index (χ1n) is 6.96. The highest BCUT2D eigenvalue weighted by atomic mass is 16.4. The lowest BCUT2D eigenvalue weighted by Crippen LogP contribution is -2.15. The van der Waals surface area contributed by atoms with Gasteiger partial charge in [0, 0.05) is 10.8 Å².